The number of furan rings is 1. The quantitative estimate of drug-likeness (QED) is 0.185. The van der Waals surface area contributed by atoms with Crippen LogP contribution in [-0.4, -0.2) is 19.5 Å². The van der Waals surface area contributed by atoms with Gasteiger partial charge in [0.05, 0.1) is 29.0 Å². The van der Waals surface area contributed by atoms with Gasteiger partial charge in [0, 0.05) is 43.8 Å². The Balaban J connectivity index is 1.15. The molecule has 1 aliphatic carbocycles. The van der Waals surface area contributed by atoms with Gasteiger partial charge in [-0.25, -0.2) is 15.0 Å². The average Bonchev–Trinajstić information content (AvgIpc) is 3.88. The van der Waals surface area contributed by atoms with Gasteiger partial charge in [-0.2, -0.15) is 0 Å². The van der Waals surface area contributed by atoms with Crippen molar-refractivity contribution in [2.75, 3.05) is 0 Å². The number of fused-ring (bicyclic) bond motifs is 10. The molecule has 0 radical (unpaired) electrons. The Morgan fingerprint density at radius 1 is 0.566 bits per heavy atom. The van der Waals surface area contributed by atoms with Crippen LogP contribution in [0.2, 0.25) is 0 Å². The van der Waals surface area contributed by atoms with Crippen molar-refractivity contribution in [2.45, 2.75) is 19.3 Å². The summed E-state index contributed by atoms with van der Waals surface area (Å²) >= 11 is 0. The second-order valence-corrected chi connectivity index (χ2v) is 14.0. The van der Waals surface area contributed by atoms with Crippen molar-refractivity contribution < 1.29 is 11.3 Å². The summed E-state index contributed by atoms with van der Waals surface area (Å²) in [6, 6.07) is 41.1. The van der Waals surface area contributed by atoms with Crippen molar-refractivity contribution in [3.63, 3.8) is 0 Å². The van der Waals surface area contributed by atoms with Gasteiger partial charge in [-0.1, -0.05) is 141 Å². The molecule has 0 saturated carbocycles. The summed E-state index contributed by atoms with van der Waals surface area (Å²) in [6.45, 7) is 4.61. The van der Waals surface area contributed by atoms with Crippen molar-refractivity contribution in [2.24, 2.45) is 0 Å². The molecule has 3 aromatic heterocycles. The summed E-state index contributed by atoms with van der Waals surface area (Å²) in [7, 11) is 0. The molecule has 0 saturated heterocycles. The Morgan fingerprint density at radius 3 is 2.13 bits per heavy atom. The van der Waals surface area contributed by atoms with E-state index in [1.165, 1.54) is 33.0 Å². The lowest BCUT2D eigenvalue weighted by atomic mass is 9.82. The molecule has 10 aromatic rings. The average molecular weight is 686 g/mol. The van der Waals surface area contributed by atoms with Crippen LogP contribution in [0.15, 0.2) is 162 Å². The fraction of sp³-hybridized carbons (Fsp3) is 0.0625. The molecule has 0 amide bonds. The third-order valence-electron chi connectivity index (χ3n) is 10.7. The van der Waals surface area contributed by atoms with Crippen molar-refractivity contribution in [3.8, 4) is 51.0 Å². The van der Waals surface area contributed by atoms with Crippen LogP contribution >= 0.6 is 0 Å². The zero-order valence-electron chi connectivity index (χ0n) is 33.8. The first-order valence-corrected chi connectivity index (χ1v) is 17.6. The van der Waals surface area contributed by atoms with Gasteiger partial charge in [-0.05, 0) is 47.0 Å². The molecule has 250 valence electrons. The maximum Gasteiger partial charge on any atom is 0.164 e. The topological polar surface area (TPSA) is 56.7 Å². The minimum absolute atomic E-state index is 0.0171. The third kappa shape index (κ3) is 4.34. The van der Waals surface area contributed by atoms with E-state index in [-0.39, 0.29) is 34.7 Å². The highest BCUT2D eigenvalue weighted by molar-refractivity contribution is 6.18. The summed E-state index contributed by atoms with van der Waals surface area (Å²) in [4.78, 5) is 14.2. The zero-order valence-corrected chi connectivity index (χ0v) is 28.8. The van der Waals surface area contributed by atoms with Gasteiger partial charge in [0.15, 0.2) is 17.5 Å². The zero-order chi connectivity index (χ0) is 39.6. The van der Waals surface area contributed by atoms with Crippen LogP contribution in [0.4, 0.5) is 0 Å². The Kier molecular flexibility index (Phi) is 5.26. The third-order valence-corrected chi connectivity index (χ3v) is 10.7. The van der Waals surface area contributed by atoms with Crippen molar-refractivity contribution in [3.05, 3.63) is 169 Å². The van der Waals surface area contributed by atoms with E-state index in [4.69, 9.17) is 21.2 Å². The summed E-state index contributed by atoms with van der Waals surface area (Å²) in [6.07, 6.45) is 0. The van der Waals surface area contributed by atoms with Crippen LogP contribution in [0, 0.1) is 0 Å². The van der Waals surface area contributed by atoms with Crippen LogP contribution in [0.25, 0.3) is 94.7 Å². The highest BCUT2D eigenvalue weighted by Crippen LogP contribution is 2.53. The summed E-state index contributed by atoms with van der Waals surface area (Å²) < 4.78 is 51.2. The van der Waals surface area contributed by atoms with E-state index in [0.29, 0.717) is 22.5 Å². The normalized spacial score (nSPS) is 14.6. The molecular formula is C48H32N4O. The van der Waals surface area contributed by atoms with Gasteiger partial charge in [0.25, 0.3) is 0 Å². The minimum Gasteiger partial charge on any atom is -0.456 e. The molecule has 5 nitrogen and oxygen atoms in total. The molecular weight excluding hydrogens is 649 g/mol. The molecule has 0 atom stereocenters. The fourth-order valence-corrected chi connectivity index (χ4v) is 8.32. The number of rotatable bonds is 4. The van der Waals surface area contributed by atoms with Gasteiger partial charge in [0.2, 0.25) is 0 Å². The predicted molar refractivity (Wildman–Crippen MR) is 215 cm³/mol. The molecule has 3 heterocycles. The Bertz CT molecular complexity index is 3360. The van der Waals surface area contributed by atoms with E-state index in [0.717, 1.165) is 33.1 Å². The molecule has 7 aromatic carbocycles. The van der Waals surface area contributed by atoms with Crippen molar-refractivity contribution >= 4 is 43.7 Å². The second kappa shape index (κ2) is 11.1. The van der Waals surface area contributed by atoms with Crippen LogP contribution < -0.4 is 0 Å². The van der Waals surface area contributed by atoms with Crippen LogP contribution in [0.1, 0.15) is 31.8 Å². The number of para-hydroxylation sites is 1. The molecule has 11 rings (SSSR count). The van der Waals surface area contributed by atoms with Crippen LogP contribution in [0.5, 0.6) is 0 Å². The molecule has 1 aliphatic rings. The van der Waals surface area contributed by atoms with E-state index in [9.17, 15) is 0 Å². The van der Waals surface area contributed by atoms with Gasteiger partial charge in [-0.15, -0.1) is 0 Å². The number of hydrogen-bond acceptors (Lipinski definition) is 4. The minimum atomic E-state index is -0.482. The molecule has 0 spiro atoms. The van der Waals surface area contributed by atoms with Crippen LogP contribution in [-0.2, 0) is 5.41 Å². The fourth-order valence-electron chi connectivity index (χ4n) is 8.32. The molecule has 0 N–H and O–H groups in total. The molecule has 0 bridgehead atoms. The lowest BCUT2D eigenvalue weighted by Crippen LogP contribution is -2.14. The smallest absolute Gasteiger partial charge is 0.164 e. The van der Waals surface area contributed by atoms with Crippen molar-refractivity contribution in [1.82, 2.24) is 19.5 Å². The van der Waals surface area contributed by atoms with E-state index in [1.54, 1.807) is 0 Å². The first-order chi connectivity index (χ1) is 28.1. The summed E-state index contributed by atoms with van der Waals surface area (Å²) in [5.41, 5.74) is 10.8. The molecule has 0 unspecified atom stereocenters. The highest BCUT2D eigenvalue weighted by atomic mass is 16.3. The van der Waals surface area contributed by atoms with E-state index >= 15 is 0 Å². The number of hydrogen-bond donors (Lipinski definition) is 0. The maximum absolute atomic E-state index is 8.68. The lowest BCUT2D eigenvalue weighted by molar-refractivity contribution is 0.661. The second-order valence-electron chi connectivity index (χ2n) is 14.0. The lowest BCUT2D eigenvalue weighted by Gasteiger charge is -2.21. The molecule has 0 fully saturated rings. The highest BCUT2D eigenvalue weighted by Gasteiger charge is 2.37. The SMILES string of the molecule is [2H]c1c([2H])c([2H])c(-c2nc(-c3ccccc3)nc(-c3ccc4c(c3)oc3cccc(-n5c6ccccc6c6ccc7c(c65)-c5ccccc5C7(C)C)c34)n2)c([2H])c1[2H]. The molecule has 5 heteroatoms. The van der Waals surface area contributed by atoms with Gasteiger partial charge >= 0.3 is 0 Å². The number of aromatic nitrogens is 4. The van der Waals surface area contributed by atoms with E-state index < -0.39 is 18.1 Å². The van der Waals surface area contributed by atoms with Gasteiger partial charge in [-0.3, -0.25) is 0 Å². The van der Waals surface area contributed by atoms with E-state index in [1.807, 2.05) is 60.7 Å². The standard InChI is InChI=1S/C48H32N4O/c1-48(2)36-20-11-9-19-34(36)42-37(48)27-26-33-32-18-10-12-21-38(32)52(44(33)42)39-22-13-23-40-43(39)35-25-24-31(28-41(35)53-40)47-50-45(29-14-5-3-6-15-29)49-46(51-47)30-16-7-4-8-17-30/h3-28H,1-2H3/i3D,5D,6D,14D,15D. The molecule has 53 heavy (non-hydrogen) atoms. The Hall–Kier alpha value is -6.85. The first-order valence-electron chi connectivity index (χ1n) is 20.1. The maximum atomic E-state index is 8.68. The number of nitrogens with zero attached hydrogens (tertiary/aromatic N) is 4. The number of benzene rings is 7. The largest absolute Gasteiger partial charge is 0.456 e. The van der Waals surface area contributed by atoms with Gasteiger partial charge in [0.1, 0.15) is 11.2 Å². The monoisotopic (exact) mass is 685 g/mol. The van der Waals surface area contributed by atoms with Gasteiger partial charge < -0.3 is 8.98 Å². The predicted octanol–water partition coefficient (Wildman–Crippen LogP) is 12.2. The van der Waals surface area contributed by atoms with Crippen LogP contribution in [0.3, 0.4) is 0 Å². The molecule has 0 aliphatic heterocycles. The van der Waals surface area contributed by atoms with E-state index in [2.05, 4.69) is 90.1 Å². The Labute approximate surface area is 312 Å². The first kappa shape index (κ1) is 25.2. The summed E-state index contributed by atoms with van der Waals surface area (Å²) in [5, 5.41) is 4.24. The Morgan fingerprint density at radius 2 is 1.28 bits per heavy atom. The van der Waals surface area contributed by atoms with Crippen molar-refractivity contribution in [1.29, 1.82) is 0 Å². The summed E-state index contributed by atoms with van der Waals surface area (Å²) in [5.74, 6) is 0.567.